The Kier molecular flexibility index (Phi) is 7.18. The Morgan fingerprint density at radius 3 is 2.39 bits per heavy atom. The van der Waals surface area contributed by atoms with Crippen LogP contribution in [0, 0.1) is 19.8 Å². The smallest absolute Gasteiger partial charge is 0.236 e. The van der Waals surface area contributed by atoms with E-state index in [2.05, 4.69) is 48.2 Å². The van der Waals surface area contributed by atoms with Gasteiger partial charge in [0.05, 0.1) is 10.9 Å². The van der Waals surface area contributed by atoms with Gasteiger partial charge in [-0.1, -0.05) is 49.3 Å². The largest absolute Gasteiger partial charge is 0.361 e. The van der Waals surface area contributed by atoms with Gasteiger partial charge >= 0.3 is 0 Å². The summed E-state index contributed by atoms with van der Waals surface area (Å²) in [6.07, 6.45) is 0. The van der Waals surface area contributed by atoms with Gasteiger partial charge in [0, 0.05) is 44.0 Å². The summed E-state index contributed by atoms with van der Waals surface area (Å²) in [5.74, 6) is 2.38. The minimum atomic E-state index is 0.00863. The summed E-state index contributed by atoms with van der Waals surface area (Å²) in [7, 11) is 0. The van der Waals surface area contributed by atoms with Crippen molar-refractivity contribution in [2.45, 2.75) is 45.2 Å². The zero-order chi connectivity index (χ0) is 20.1. The summed E-state index contributed by atoms with van der Waals surface area (Å²) in [6.45, 7) is 12.5. The van der Waals surface area contributed by atoms with Gasteiger partial charge in [0.25, 0.3) is 0 Å². The molecule has 1 fully saturated rings. The van der Waals surface area contributed by atoms with Crippen molar-refractivity contribution < 1.29 is 9.32 Å². The predicted molar refractivity (Wildman–Crippen MR) is 114 cm³/mol. The van der Waals surface area contributed by atoms with Crippen molar-refractivity contribution in [3.8, 4) is 0 Å². The average molecular weight is 402 g/mol. The van der Waals surface area contributed by atoms with Crippen molar-refractivity contribution >= 4 is 17.7 Å². The van der Waals surface area contributed by atoms with Crippen LogP contribution in [-0.4, -0.2) is 52.3 Å². The fourth-order valence-electron chi connectivity index (χ4n) is 3.57. The second-order valence-corrected chi connectivity index (χ2v) is 9.00. The molecule has 1 atom stereocenters. The highest BCUT2D eigenvalue weighted by molar-refractivity contribution is 7.99. The van der Waals surface area contributed by atoms with E-state index in [4.69, 9.17) is 4.52 Å². The lowest BCUT2D eigenvalue weighted by Crippen LogP contribution is -2.51. The third-order valence-electron chi connectivity index (χ3n) is 5.37. The van der Waals surface area contributed by atoms with Crippen molar-refractivity contribution in [2.75, 3.05) is 26.2 Å². The van der Waals surface area contributed by atoms with E-state index in [9.17, 15) is 4.79 Å². The third-order valence-corrected chi connectivity index (χ3v) is 6.97. The van der Waals surface area contributed by atoms with Gasteiger partial charge in [-0.3, -0.25) is 9.69 Å². The van der Waals surface area contributed by atoms with E-state index < -0.39 is 0 Å². The molecule has 0 N–H and O–H groups in total. The molecule has 0 saturated carbocycles. The number of nitrogens with zero attached hydrogens (tertiary/aromatic N) is 3. The number of hydrogen-bond acceptors (Lipinski definition) is 5. The Hall–Kier alpha value is -1.79. The van der Waals surface area contributed by atoms with Gasteiger partial charge in [-0.25, -0.2) is 0 Å². The molecule has 2 aromatic rings. The summed E-state index contributed by atoms with van der Waals surface area (Å²) in [4.78, 5) is 17.6. The summed E-state index contributed by atoms with van der Waals surface area (Å²) in [5.41, 5.74) is 3.42. The zero-order valence-corrected chi connectivity index (χ0v) is 18.2. The van der Waals surface area contributed by atoms with Gasteiger partial charge in [0.1, 0.15) is 5.76 Å². The molecule has 1 aromatic heterocycles. The molecule has 28 heavy (non-hydrogen) atoms. The molecule has 1 unspecified atom stereocenters. The molecule has 1 aromatic carbocycles. The maximum atomic E-state index is 13.2. The number of thioether (sulfide) groups is 1. The highest BCUT2D eigenvalue weighted by Gasteiger charge is 2.30. The van der Waals surface area contributed by atoms with Crippen LogP contribution in [0.15, 0.2) is 34.9 Å². The molecule has 152 valence electrons. The van der Waals surface area contributed by atoms with Crippen LogP contribution in [0.1, 0.15) is 36.4 Å². The van der Waals surface area contributed by atoms with Crippen molar-refractivity contribution in [3.05, 3.63) is 52.9 Å². The topological polar surface area (TPSA) is 49.6 Å². The number of carbonyl (C=O) groups excluding carboxylic acids is 1. The van der Waals surface area contributed by atoms with Gasteiger partial charge in [-0.2, -0.15) is 0 Å². The van der Waals surface area contributed by atoms with Crippen LogP contribution in [0.25, 0.3) is 0 Å². The molecular weight excluding hydrogens is 370 g/mol. The molecule has 1 amide bonds. The Morgan fingerprint density at radius 2 is 1.82 bits per heavy atom. The lowest BCUT2D eigenvalue weighted by atomic mass is 10.1. The Bertz CT molecular complexity index is 748. The number of benzene rings is 1. The fourth-order valence-corrected chi connectivity index (χ4v) is 4.81. The van der Waals surface area contributed by atoms with E-state index in [1.165, 1.54) is 11.1 Å². The number of amides is 1. The highest BCUT2D eigenvalue weighted by Crippen LogP contribution is 2.26. The third kappa shape index (κ3) is 5.17. The second kappa shape index (κ2) is 9.61. The number of hydrogen-bond donors (Lipinski definition) is 0. The number of aryl methyl sites for hydroxylation is 2. The minimum absolute atomic E-state index is 0.00863. The van der Waals surface area contributed by atoms with Gasteiger partial charge in [-0.05, 0) is 25.3 Å². The number of aromatic nitrogens is 1. The first-order chi connectivity index (χ1) is 13.5. The number of carbonyl (C=O) groups is 1. The number of rotatable bonds is 7. The molecule has 5 nitrogen and oxygen atoms in total. The van der Waals surface area contributed by atoms with Gasteiger partial charge in [0.15, 0.2) is 0 Å². The van der Waals surface area contributed by atoms with Crippen molar-refractivity contribution in [1.29, 1.82) is 0 Å². The summed E-state index contributed by atoms with van der Waals surface area (Å²) in [6, 6.07) is 10.4. The Labute approximate surface area is 172 Å². The van der Waals surface area contributed by atoms with E-state index in [1.807, 2.05) is 24.8 Å². The lowest BCUT2D eigenvalue weighted by molar-refractivity contribution is -0.133. The van der Waals surface area contributed by atoms with Crippen LogP contribution in [0.5, 0.6) is 0 Å². The molecule has 1 aliphatic heterocycles. The van der Waals surface area contributed by atoms with E-state index in [-0.39, 0.29) is 11.2 Å². The van der Waals surface area contributed by atoms with Crippen LogP contribution in [-0.2, 0) is 17.1 Å². The molecule has 0 bridgehead atoms. The van der Waals surface area contributed by atoms with Crippen molar-refractivity contribution in [2.24, 2.45) is 5.92 Å². The molecule has 0 aliphatic carbocycles. The van der Waals surface area contributed by atoms with E-state index >= 15 is 0 Å². The molecule has 6 heteroatoms. The van der Waals surface area contributed by atoms with Gasteiger partial charge in [-0.15, -0.1) is 11.8 Å². The van der Waals surface area contributed by atoms with Crippen LogP contribution < -0.4 is 0 Å². The summed E-state index contributed by atoms with van der Waals surface area (Å²) in [5, 5.41) is 4.05. The normalized spacial score (nSPS) is 16.5. The molecule has 3 rings (SSSR count). The van der Waals surface area contributed by atoms with Gasteiger partial charge in [0.2, 0.25) is 5.91 Å². The zero-order valence-electron chi connectivity index (χ0n) is 17.4. The molecule has 1 saturated heterocycles. The first kappa shape index (κ1) is 20.9. The van der Waals surface area contributed by atoms with Crippen LogP contribution in [0.4, 0.5) is 0 Å². The summed E-state index contributed by atoms with van der Waals surface area (Å²) >= 11 is 1.77. The maximum absolute atomic E-state index is 13.2. The van der Waals surface area contributed by atoms with E-state index in [0.29, 0.717) is 5.92 Å². The molecule has 0 radical (unpaired) electrons. The molecular formula is C22H31N3O2S. The quantitative estimate of drug-likeness (QED) is 0.704. The molecule has 0 spiro atoms. The summed E-state index contributed by atoms with van der Waals surface area (Å²) < 4.78 is 5.27. The maximum Gasteiger partial charge on any atom is 0.236 e. The first-order valence-electron chi connectivity index (χ1n) is 10.0. The number of piperazine rings is 1. The predicted octanol–water partition coefficient (Wildman–Crippen LogP) is 3.89. The van der Waals surface area contributed by atoms with Crippen LogP contribution >= 0.6 is 11.8 Å². The Balaban J connectivity index is 1.53. The van der Waals surface area contributed by atoms with Gasteiger partial charge < -0.3 is 9.42 Å². The Morgan fingerprint density at radius 1 is 1.14 bits per heavy atom. The second-order valence-electron chi connectivity index (χ2n) is 7.87. The standard InChI is InChI=1S/C22H31N3O2S/c1-16(2)21(28-15-19-8-6-5-7-9-19)22(26)25-12-10-24(11-13-25)14-20-17(3)23-27-18(20)4/h5-9,16,21H,10-15H2,1-4H3. The average Bonchev–Trinajstić information content (AvgIpc) is 3.01. The van der Waals surface area contributed by atoms with Crippen molar-refractivity contribution in [1.82, 2.24) is 15.0 Å². The van der Waals surface area contributed by atoms with Crippen LogP contribution in [0.3, 0.4) is 0 Å². The molecule has 1 aliphatic rings. The molecule has 2 heterocycles. The first-order valence-corrected chi connectivity index (χ1v) is 11.1. The minimum Gasteiger partial charge on any atom is -0.361 e. The monoisotopic (exact) mass is 401 g/mol. The lowest BCUT2D eigenvalue weighted by Gasteiger charge is -2.37. The fraction of sp³-hybridized carbons (Fsp3) is 0.545. The van der Waals surface area contributed by atoms with Crippen molar-refractivity contribution in [3.63, 3.8) is 0 Å². The van der Waals surface area contributed by atoms with E-state index in [1.54, 1.807) is 11.8 Å². The van der Waals surface area contributed by atoms with Crippen LogP contribution in [0.2, 0.25) is 0 Å². The highest BCUT2D eigenvalue weighted by atomic mass is 32.2. The SMILES string of the molecule is Cc1noc(C)c1CN1CCN(C(=O)C(SCc2ccccc2)C(C)C)CC1. The van der Waals surface area contributed by atoms with E-state index in [0.717, 1.165) is 49.9 Å².